The maximum atomic E-state index is 13.8. The monoisotopic (exact) mass is 424 g/mol. The normalized spacial score (nSPS) is 17.0. The highest BCUT2D eigenvalue weighted by atomic mass is 32.2. The van der Waals surface area contributed by atoms with Gasteiger partial charge in [0.05, 0.1) is 5.75 Å². The summed E-state index contributed by atoms with van der Waals surface area (Å²) < 4.78 is 76.0. The molecule has 1 amide bonds. The lowest BCUT2D eigenvalue weighted by molar-refractivity contribution is -0.125. The van der Waals surface area contributed by atoms with Crippen LogP contribution in [0.1, 0.15) is 19.8 Å². The van der Waals surface area contributed by atoms with Crippen molar-refractivity contribution in [2.24, 2.45) is 5.92 Å². The van der Waals surface area contributed by atoms with E-state index in [4.69, 9.17) is 0 Å². The Labute approximate surface area is 157 Å². The average molecular weight is 424 g/mol. The third-order valence-corrected chi connectivity index (χ3v) is 8.11. The molecule has 0 atom stereocenters. The standard InChI is InChI=1S/C16H22F2N2O5S2/c1-2-26(22,23)10-7-19-16(21)12-5-8-20(9-6-12)27(24,25)15-11-13(17)3-4-14(15)18/h3-4,11-12H,2,5-10H2,1H3,(H,19,21). The van der Waals surface area contributed by atoms with E-state index in [1.165, 1.54) is 6.92 Å². The Bertz CT molecular complexity index is 895. The number of halogens is 2. The van der Waals surface area contributed by atoms with Crippen molar-refractivity contribution in [2.45, 2.75) is 24.7 Å². The van der Waals surface area contributed by atoms with E-state index in [-0.39, 0.29) is 49.9 Å². The molecule has 1 aliphatic heterocycles. The molecular weight excluding hydrogens is 402 g/mol. The number of nitrogens with zero attached hydrogens (tertiary/aromatic N) is 1. The van der Waals surface area contributed by atoms with E-state index in [1.807, 2.05) is 0 Å². The first kappa shape index (κ1) is 21.7. The Morgan fingerprint density at radius 1 is 1.19 bits per heavy atom. The summed E-state index contributed by atoms with van der Waals surface area (Å²) in [6, 6.07) is 2.23. The van der Waals surface area contributed by atoms with Gasteiger partial charge in [-0.3, -0.25) is 4.79 Å². The number of nitrogens with one attached hydrogen (secondary N) is 1. The molecule has 0 aromatic heterocycles. The minimum absolute atomic E-state index is 0.00201. The van der Waals surface area contributed by atoms with Crippen LogP contribution in [0.25, 0.3) is 0 Å². The topological polar surface area (TPSA) is 101 Å². The number of rotatable bonds is 7. The summed E-state index contributed by atoms with van der Waals surface area (Å²) in [4.78, 5) is 11.4. The second-order valence-corrected chi connectivity index (χ2v) is 10.7. The maximum absolute atomic E-state index is 13.8. The zero-order chi connectivity index (χ0) is 20.2. The number of hydrogen-bond donors (Lipinski definition) is 1. The summed E-state index contributed by atoms with van der Waals surface area (Å²) in [5.41, 5.74) is 0. The first-order valence-corrected chi connectivity index (χ1v) is 11.8. The van der Waals surface area contributed by atoms with Gasteiger partial charge in [0.25, 0.3) is 0 Å². The number of hydrogen-bond acceptors (Lipinski definition) is 5. The molecule has 0 spiro atoms. The van der Waals surface area contributed by atoms with Crippen LogP contribution in [0.3, 0.4) is 0 Å². The van der Waals surface area contributed by atoms with Gasteiger partial charge in [-0.2, -0.15) is 4.31 Å². The molecule has 1 fully saturated rings. The molecule has 1 aromatic rings. The lowest BCUT2D eigenvalue weighted by Gasteiger charge is -2.30. The van der Waals surface area contributed by atoms with Gasteiger partial charge in [0, 0.05) is 31.3 Å². The lowest BCUT2D eigenvalue weighted by atomic mass is 9.97. The number of amides is 1. The van der Waals surface area contributed by atoms with Gasteiger partial charge >= 0.3 is 0 Å². The van der Waals surface area contributed by atoms with E-state index in [2.05, 4.69) is 5.32 Å². The zero-order valence-corrected chi connectivity index (χ0v) is 16.5. The van der Waals surface area contributed by atoms with Crippen molar-refractivity contribution >= 4 is 25.8 Å². The highest BCUT2D eigenvalue weighted by molar-refractivity contribution is 7.91. The fourth-order valence-corrected chi connectivity index (χ4v) is 5.04. The molecule has 0 radical (unpaired) electrons. The van der Waals surface area contributed by atoms with Crippen molar-refractivity contribution in [3.8, 4) is 0 Å². The summed E-state index contributed by atoms with van der Waals surface area (Å²) >= 11 is 0. The molecule has 0 aliphatic carbocycles. The van der Waals surface area contributed by atoms with Crippen LogP contribution in [-0.2, 0) is 24.7 Å². The first-order chi connectivity index (χ1) is 12.6. The Balaban J connectivity index is 1.94. The van der Waals surface area contributed by atoms with Crippen molar-refractivity contribution in [1.82, 2.24) is 9.62 Å². The number of benzene rings is 1. The molecule has 27 heavy (non-hydrogen) atoms. The van der Waals surface area contributed by atoms with Crippen LogP contribution >= 0.6 is 0 Å². The zero-order valence-electron chi connectivity index (χ0n) is 14.8. The second-order valence-electron chi connectivity index (χ2n) is 6.28. The molecule has 1 aromatic carbocycles. The SMILES string of the molecule is CCS(=O)(=O)CCNC(=O)C1CCN(S(=O)(=O)c2cc(F)ccc2F)CC1. The minimum atomic E-state index is -4.20. The van der Waals surface area contributed by atoms with Gasteiger partial charge in [0.1, 0.15) is 16.5 Å². The molecule has 152 valence electrons. The molecule has 0 saturated carbocycles. The first-order valence-electron chi connectivity index (χ1n) is 8.50. The number of sulfonamides is 1. The van der Waals surface area contributed by atoms with Gasteiger partial charge in [-0.1, -0.05) is 6.92 Å². The maximum Gasteiger partial charge on any atom is 0.246 e. The minimum Gasteiger partial charge on any atom is -0.355 e. The number of carbonyl (C=O) groups is 1. The van der Waals surface area contributed by atoms with E-state index in [0.717, 1.165) is 16.4 Å². The van der Waals surface area contributed by atoms with Crippen LogP contribution in [0.15, 0.2) is 23.1 Å². The fourth-order valence-electron chi connectivity index (χ4n) is 2.79. The Hall–Kier alpha value is -1.59. The Morgan fingerprint density at radius 3 is 2.41 bits per heavy atom. The summed E-state index contributed by atoms with van der Waals surface area (Å²) in [6.07, 6.45) is 0.422. The summed E-state index contributed by atoms with van der Waals surface area (Å²) in [5, 5.41) is 2.55. The van der Waals surface area contributed by atoms with E-state index in [9.17, 15) is 30.4 Å². The van der Waals surface area contributed by atoms with Crippen molar-refractivity contribution < 1.29 is 30.4 Å². The van der Waals surface area contributed by atoms with Crippen molar-refractivity contribution in [1.29, 1.82) is 0 Å². The van der Waals surface area contributed by atoms with Crippen LogP contribution in [0.2, 0.25) is 0 Å². The van der Waals surface area contributed by atoms with Crippen molar-refractivity contribution in [3.05, 3.63) is 29.8 Å². The predicted molar refractivity (Wildman–Crippen MR) is 95.2 cm³/mol. The average Bonchev–Trinajstić information content (AvgIpc) is 2.63. The number of sulfone groups is 1. The van der Waals surface area contributed by atoms with Crippen molar-refractivity contribution in [3.63, 3.8) is 0 Å². The van der Waals surface area contributed by atoms with Crippen LogP contribution < -0.4 is 5.32 Å². The molecule has 1 aliphatic rings. The van der Waals surface area contributed by atoms with E-state index < -0.39 is 42.3 Å². The summed E-state index contributed by atoms with van der Waals surface area (Å²) in [7, 11) is -7.38. The smallest absolute Gasteiger partial charge is 0.246 e. The summed E-state index contributed by atoms with van der Waals surface area (Å²) in [5.74, 6) is -2.84. The third-order valence-electron chi connectivity index (χ3n) is 4.49. The van der Waals surface area contributed by atoms with Crippen LogP contribution in [0.4, 0.5) is 8.78 Å². The van der Waals surface area contributed by atoms with Crippen LogP contribution in [0.5, 0.6) is 0 Å². The quantitative estimate of drug-likeness (QED) is 0.701. The fraction of sp³-hybridized carbons (Fsp3) is 0.562. The largest absolute Gasteiger partial charge is 0.355 e. The Kier molecular flexibility index (Phi) is 6.92. The molecule has 1 saturated heterocycles. The van der Waals surface area contributed by atoms with Crippen molar-refractivity contribution in [2.75, 3.05) is 31.1 Å². The Morgan fingerprint density at radius 2 is 1.81 bits per heavy atom. The lowest BCUT2D eigenvalue weighted by Crippen LogP contribution is -2.43. The highest BCUT2D eigenvalue weighted by Crippen LogP contribution is 2.26. The van der Waals surface area contributed by atoms with Gasteiger partial charge in [0.15, 0.2) is 9.84 Å². The predicted octanol–water partition coefficient (Wildman–Crippen LogP) is 0.916. The van der Waals surface area contributed by atoms with Gasteiger partial charge < -0.3 is 5.32 Å². The molecule has 0 bridgehead atoms. The van der Waals surface area contributed by atoms with Gasteiger partial charge in [-0.05, 0) is 31.0 Å². The molecule has 2 rings (SSSR count). The van der Waals surface area contributed by atoms with Crippen LogP contribution in [0, 0.1) is 17.6 Å². The van der Waals surface area contributed by atoms with Gasteiger partial charge in [-0.15, -0.1) is 0 Å². The van der Waals surface area contributed by atoms with Gasteiger partial charge in [-0.25, -0.2) is 25.6 Å². The molecule has 11 heteroatoms. The molecule has 1 N–H and O–H groups in total. The number of piperidine rings is 1. The van der Waals surface area contributed by atoms with Gasteiger partial charge in [0.2, 0.25) is 15.9 Å². The van der Waals surface area contributed by atoms with E-state index in [0.29, 0.717) is 6.07 Å². The number of carbonyl (C=O) groups excluding carboxylic acids is 1. The van der Waals surface area contributed by atoms with Crippen LogP contribution in [-0.4, -0.2) is 58.2 Å². The van der Waals surface area contributed by atoms with E-state index >= 15 is 0 Å². The molecule has 0 unspecified atom stereocenters. The molecular formula is C16H22F2N2O5S2. The molecule has 7 nitrogen and oxygen atoms in total. The summed E-state index contributed by atoms with van der Waals surface area (Å²) in [6.45, 7) is 1.50. The highest BCUT2D eigenvalue weighted by Gasteiger charge is 2.33. The molecule has 1 heterocycles. The second kappa shape index (κ2) is 8.61. The third kappa shape index (κ3) is 5.45. The van der Waals surface area contributed by atoms with E-state index in [1.54, 1.807) is 0 Å².